The summed E-state index contributed by atoms with van der Waals surface area (Å²) in [5.41, 5.74) is 6.31. The van der Waals surface area contributed by atoms with Crippen LogP contribution in [0, 0.1) is 20.4 Å². The summed E-state index contributed by atoms with van der Waals surface area (Å²) >= 11 is 0. The van der Waals surface area contributed by atoms with Crippen molar-refractivity contribution < 1.29 is 15.0 Å². The molecule has 3 rings (SSSR count). The van der Waals surface area contributed by atoms with Crippen molar-refractivity contribution in [2.75, 3.05) is 19.0 Å². The number of carboxylic acids is 1. The molecule has 0 aliphatic rings. The Balaban J connectivity index is 2.14. The molecule has 2 N–H and O–H groups in total. The van der Waals surface area contributed by atoms with Crippen LogP contribution in [0.25, 0.3) is 22.7 Å². The van der Waals surface area contributed by atoms with Crippen LogP contribution in [-0.2, 0) is 0 Å². The highest BCUT2D eigenvalue weighted by Crippen LogP contribution is 2.33. The molecule has 33 heavy (non-hydrogen) atoms. The Morgan fingerprint density at radius 1 is 1.12 bits per heavy atom. The molecule has 166 valence electrons. The van der Waals surface area contributed by atoms with E-state index in [2.05, 4.69) is 10.6 Å². The fraction of sp³-hybridized carbons (Fsp3) is 0.154. The van der Waals surface area contributed by atoms with Crippen molar-refractivity contribution in [3.63, 3.8) is 0 Å². The molecule has 3 aromatic rings. The van der Waals surface area contributed by atoms with Crippen molar-refractivity contribution >= 4 is 29.5 Å². The summed E-state index contributed by atoms with van der Waals surface area (Å²) in [5.74, 6) is -1.60. The van der Waals surface area contributed by atoms with Gasteiger partial charge < -0.3 is 15.1 Å². The highest BCUT2D eigenvalue weighted by atomic mass is 16.4. The second-order valence-corrected chi connectivity index (χ2v) is 7.71. The van der Waals surface area contributed by atoms with Crippen molar-refractivity contribution in [3.05, 3.63) is 97.8 Å². The number of aryl methyl sites for hydroxylation is 1. The summed E-state index contributed by atoms with van der Waals surface area (Å²) in [6.07, 6.45) is 3.25. The molecule has 0 atom stereocenters. The van der Waals surface area contributed by atoms with E-state index in [1.54, 1.807) is 13.0 Å². The first kappa shape index (κ1) is 23.1. The Morgan fingerprint density at radius 2 is 1.79 bits per heavy atom. The van der Waals surface area contributed by atoms with Crippen LogP contribution in [0.3, 0.4) is 0 Å². The Kier molecular flexibility index (Phi) is 6.53. The number of aromatic carboxylic acids is 1. The van der Waals surface area contributed by atoms with Gasteiger partial charge in [-0.15, -0.1) is 5.73 Å². The molecule has 1 heterocycles. The third kappa shape index (κ3) is 4.57. The first-order valence-corrected chi connectivity index (χ1v) is 10.1. The molecule has 0 spiro atoms. The fourth-order valence-corrected chi connectivity index (χ4v) is 3.39. The zero-order valence-corrected chi connectivity index (χ0v) is 18.7. The van der Waals surface area contributed by atoms with Gasteiger partial charge in [0.25, 0.3) is 5.56 Å². The van der Waals surface area contributed by atoms with Gasteiger partial charge in [0.15, 0.2) is 0 Å². The Bertz CT molecular complexity index is 1400. The summed E-state index contributed by atoms with van der Waals surface area (Å²) in [4.78, 5) is 29.7. The lowest BCUT2D eigenvalue weighted by Gasteiger charge is -2.14. The minimum atomic E-state index is -1.11. The van der Waals surface area contributed by atoms with E-state index in [4.69, 9.17) is 11.7 Å². The molecule has 2 aromatic carbocycles. The number of hydrogen-bond donors (Lipinski definition) is 2. The summed E-state index contributed by atoms with van der Waals surface area (Å²) in [5, 5.41) is 19.7. The van der Waals surface area contributed by atoms with Crippen LogP contribution in [0.15, 0.2) is 53.0 Å². The predicted octanol–water partition coefficient (Wildman–Crippen LogP) is 4.80. The first-order valence-electron chi connectivity index (χ1n) is 10.1. The number of benzene rings is 2. The van der Waals surface area contributed by atoms with Crippen LogP contribution in [0.4, 0.5) is 11.4 Å². The molecule has 0 saturated carbocycles. The van der Waals surface area contributed by atoms with Gasteiger partial charge in [-0.05, 0) is 79.1 Å². The molecule has 0 aliphatic carbocycles. The number of pyridine rings is 1. The van der Waals surface area contributed by atoms with Gasteiger partial charge in [-0.2, -0.15) is 0 Å². The standard InChI is InChI=1S/C26H23N3O4/c1-16-15-21(28(4)5)14-9-18(16)7-6-8-22-17(2)23(27-3)25(31)29(24(22)30)20-12-10-19(11-13-20)26(32)33/h7-15,31H,1-2,4-5H3,(H,32,33). The average molecular weight is 441 g/mol. The van der Waals surface area contributed by atoms with Crippen LogP contribution in [-0.4, -0.2) is 34.8 Å². The van der Waals surface area contributed by atoms with Crippen LogP contribution in [0.1, 0.15) is 32.6 Å². The van der Waals surface area contributed by atoms with Crippen molar-refractivity contribution in [2.45, 2.75) is 13.8 Å². The first-order chi connectivity index (χ1) is 15.6. The summed E-state index contributed by atoms with van der Waals surface area (Å²) < 4.78 is 0.997. The van der Waals surface area contributed by atoms with E-state index >= 15 is 0 Å². The third-order valence-corrected chi connectivity index (χ3v) is 5.34. The molecular weight excluding hydrogens is 418 g/mol. The van der Waals surface area contributed by atoms with Gasteiger partial charge in [-0.3, -0.25) is 9.36 Å². The lowest BCUT2D eigenvalue weighted by Crippen LogP contribution is -2.22. The minimum Gasteiger partial charge on any atom is -0.502 e. The summed E-state index contributed by atoms with van der Waals surface area (Å²) in [6.45, 7) is 11.0. The molecule has 0 radical (unpaired) electrons. The molecule has 0 unspecified atom stereocenters. The maximum Gasteiger partial charge on any atom is 0.335 e. The molecular formula is C26H23N3O4. The largest absolute Gasteiger partial charge is 0.502 e. The number of rotatable bonds is 5. The highest BCUT2D eigenvalue weighted by molar-refractivity contribution is 5.87. The van der Waals surface area contributed by atoms with E-state index in [0.29, 0.717) is 5.56 Å². The van der Waals surface area contributed by atoms with Crippen LogP contribution >= 0.6 is 0 Å². The normalized spacial score (nSPS) is 10.2. The van der Waals surface area contributed by atoms with E-state index in [0.717, 1.165) is 21.4 Å². The second-order valence-electron chi connectivity index (χ2n) is 7.71. The number of hydrogen-bond acceptors (Lipinski definition) is 4. The fourth-order valence-electron chi connectivity index (χ4n) is 3.39. The van der Waals surface area contributed by atoms with Gasteiger partial charge >= 0.3 is 5.97 Å². The summed E-state index contributed by atoms with van der Waals surface area (Å²) in [6, 6.07) is 11.5. The number of aromatic hydroxyl groups is 1. The Labute approximate surface area is 191 Å². The number of anilines is 1. The molecule has 1 aromatic heterocycles. The molecule has 0 aliphatic heterocycles. The number of aromatic nitrogens is 1. The third-order valence-electron chi connectivity index (χ3n) is 5.34. The molecule has 7 nitrogen and oxygen atoms in total. The zero-order valence-electron chi connectivity index (χ0n) is 18.7. The van der Waals surface area contributed by atoms with Crippen molar-refractivity contribution in [2.24, 2.45) is 0 Å². The van der Waals surface area contributed by atoms with Crippen molar-refractivity contribution in [3.8, 4) is 11.6 Å². The molecule has 0 amide bonds. The van der Waals surface area contributed by atoms with Crippen LogP contribution in [0.5, 0.6) is 5.88 Å². The molecule has 0 fully saturated rings. The van der Waals surface area contributed by atoms with Gasteiger partial charge in [0.05, 0.1) is 17.8 Å². The quantitative estimate of drug-likeness (QED) is 0.439. The van der Waals surface area contributed by atoms with Crippen LogP contribution < -0.4 is 10.5 Å². The van der Waals surface area contributed by atoms with Crippen LogP contribution in [0.2, 0.25) is 0 Å². The SMILES string of the molecule is [C-]#[N+]c1c(C)c(C=C=Cc2ccc(N(C)C)cc2C)c(=O)n(-c2ccc(C(=O)O)cc2)c1O. The maximum atomic E-state index is 13.2. The smallest absolute Gasteiger partial charge is 0.335 e. The summed E-state index contributed by atoms with van der Waals surface area (Å²) in [7, 11) is 3.93. The van der Waals surface area contributed by atoms with Crippen molar-refractivity contribution in [1.82, 2.24) is 4.57 Å². The number of nitrogens with zero attached hydrogens (tertiary/aromatic N) is 3. The van der Waals surface area contributed by atoms with Gasteiger partial charge in [0.2, 0.25) is 11.6 Å². The topological polar surface area (TPSA) is 87.1 Å². The zero-order chi connectivity index (χ0) is 24.3. The average Bonchev–Trinajstić information content (AvgIpc) is 2.77. The molecule has 0 saturated heterocycles. The monoisotopic (exact) mass is 441 g/mol. The highest BCUT2D eigenvalue weighted by Gasteiger charge is 2.19. The Hall–Kier alpha value is -4.53. The lowest BCUT2D eigenvalue weighted by atomic mass is 10.1. The number of carboxylic acid groups (broad SMARTS) is 1. The van der Waals surface area contributed by atoms with Gasteiger partial charge in [-0.1, -0.05) is 6.07 Å². The maximum absolute atomic E-state index is 13.2. The van der Waals surface area contributed by atoms with Gasteiger partial charge in [-0.25, -0.2) is 9.64 Å². The number of carbonyl (C=O) groups is 1. The Morgan fingerprint density at radius 3 is 2.33 bits per heavy atom. The molecule has 7 heteroatoms. The van der Waals surface area contributed by atoms with E-state index in [1.165, 1.54) is 30.3 Å². The van der Waals surface area contributed by atoms with E-state index in [-0.39, 0.29) is 22.5 Å². The van der Waals surface area contributed by atoms with Gasteiger partial charge in [0, 0.05) is 25.3 Å². The second kappa shape index (κ2) is 9.31. The van der Waals surface area contributed by atoms with Crippen molar-refractivity contribution in [1.29, 1.82) is 0 Å². The lowest BCUT2D eigenvalue weighted by molar-refractivity contribution is 0.0697. The van der Waals surface area contributed by atoms with E-state index < -0.39 is 17.4 Å². The minimum absolute atomic E-state index is 0.0440. The van der Waals surface area contributed by atoms with E-state index in [1.807, 2.05) is 44.1 Å². The predicted molar refractivity (Wildman–Crippen MR) is 130 cm³/mol. The van der Waals surface area contributed by atoms with Gasteiger partial charge in [0.1, 0.15) is 0 Å². The molecule has 0 bridgehead atoms. The van der Waals surface area contributed by atoms with E-state index in [9.17, 15) is 14.7 Å².